The van der Waals surface area contributed by atoms with Crippen molar-refractivity contribution in [3.63, 3.8) is 0 Å². The van der Waals surface area contributed by atoms with Crippen molar-refractivity contribution in [2.75, 3.05) is 0 Å². The lowest BCUT2D eigenvalue weighted by Gasteiger charge is -2.14. The van der Waals surface area contributed by atoms with E-state index >= 15 is 4.79 Å². The fourth-order valence-corrected chi connectivity index (χ4v) is 10.2. The maximum atomic E-state index is 15.1. The average Bonchev–Trinajstić information content (AvgIpc) is 3.85. The number of benzene rings is 10. The fraction of sp³-hybridized carbons (Fsp3) is 0. The van der Waals surface area contributed by atoms with Crippen LogP contribution in [0.3, 0.4) is 0 Å². The van der Waals surface area contributed by atoms with Gasteiger partial charge in [-0.2, -0.15) is 0 Å². The zero-order valence-electron chi connectivity index (χ0n) is 33.0. The molecule has 13 aromatic rings. The number of pyridine rings is 1. The van der Waals surface area contributed by atoms with E-state index < -0.39 is 0 Å². The lowest BCUT2D eigenvalue weighted by atomic mass is 9.94. The Bertz CT molecular complexity index is 3970. The molecule has 0 saturated carbocycles. The van der Waals surface area contributed by atoms with Gasteiger partial charge < -0.3 is 9.13 Å². The van der Waals surface area contributed by atoms with Crippen molar-refractivity contribution in [3.05, 3.63) is 223 Å². The van der Waals surface area contributed by atoms with E-state index in [2.05, 4.69) is 179 Å². The van der Waals surface area contributed by atoms with Gasteiger partial charge in [-0.25, -0.2) is 0 Å². The largest absolute Gasteiger partial charge is 0.309 e. The van der Waals surface area contributed by atoms with E-state index in [4.69, 9.17) is 0 Å². The van der Waals surface area contributed by atoms with Gasteiger partial charge in [-0.1, -0.05) is 140 Å². The van der Waals surface area contributed by atoms with Crippen molar-refractivity contribution >= 4 is 86.8 Å². The number of fused-ring (bicyclic) bond motifs is 14. The van der Waals surface area contributed by atoms with Crippen LogP contribution < -0.4 is 5.56 Å². The van der Waals surface area contributed by atoms with Gasteiger partial charge in [0.05, 0.1) is 33.0 Å². The Morgan fingerprint density at radius 2 is 0.705 bits per heavy atom. The number of aromatic nitrogens is 3. The highest BCUT2D eigenvalue weighted by molar-refractivity contribution is 6.26. The topological polar surface area (TPSA) is 31.9 Å². The van der Waals surface area contributed by atoms with Gasteiger partial charge in [0.25, 0.3) is 5.56 Å². The van der Waals surface area contributed by atoms with Gasteiger partial charge in [0.15, 0.2) is 0 Å². The number of hydrogen-bond donors (Lipinski definition) is 0. The molecule has 4 heteroatoms. The minimum Gasteiger partial charge on any atom is -0.309 e. The van der Waals surface area contributed by atoms with Crippen molar-refractivity contribution in [2.45, 2.75) is 0 Å². The molecule has 0 amide bonds. The van der Waals surface area contributed by atoms with Crippen LogP contribution in [-0.4, -0.2) is 13.7 Å². The van der Waals surface area contributed by atoms with Crippen LogP contribution in [0.1, 0.15) is 0 Å². The quantitative estimate of drug-likeness (QED) is 0.164. The fourth-order valence-electron chi connectivity index (χ4n) is 10.2. The van der Waals surface area contributed by atoms with Crippen molar-refractivity contribution in [2.24, 2.45) is 0 Å². The Hall–Kier alpha value is -8.21. The summed E-state index contributed by atoms with van der Waals surface area (Å²) in [6.07, 6.45) is 0. The van der Waals surface area contributed by atoms with Gasteiger partial charge >= 0.3 is 0 Å². The second-order valence-electron chi connectivity index (χ2n) is 16.0. The smallest absolute Gasteiger partial charge is 0.265 e. The summed E-state index contributed by atoms with van der Waals surface area (Å²) in [6, 6.07) is 75.2. The van der Waals surface area contributed by atoms with Crippen molar-refractivity contribution in [1.82, 2.24) is 13.7 Å². The molecule has 3 aromatic heterocycles. The molecule has 13 rings (SSSR count). The van der Waals surface area contributed by atoms with E-state index in [0.717, 1.165) is 66.5 Å². The zero-order valence-corrected chi connectivity index (χ0v) is 33.0. The van der Waals surface area contributed by atoms with E-state index in [-0.39, 0.29) is 5.56 Å². The third kappa shape index (κ3) is 4.84. The van der Waals surface area contributed by atoms with Crippen molar-refractivity contribution < 1.29 is 0 Å². The molecule has 0 N–H and O–H groups in total. The molecule has 0 atom stereocenters. The van der Waals surface area contributed by atoms with E-state index in [9.17, 15) is 0 Å². The molecule has 10 aromatic carbocycles. The molecule has 0 aliphatic heterocycles. The Balaban J connectivity index is 1.05. The first-order valence-corrected chi connectivity index (χ1v) is 20.8. The highest BCUT2D eigenvalue weighted by atomic mass is 16.1. The van der Waals surface area contributed by atoms with Gasteiger partial charge in [-0.15, -0.1) is 0 Å². The molecule has 3 heterocycles. The number of hydrogen-bond acceptors (Lipinski definition) is 1. The van der Waals surface area contributed by atoms with Crippen LogP contribution in [0, 0.1) is 0 Å². The summed E-state index contributed by atoms with van der Waals surface area (Å²) in [4.78, 5) is 15.1. The van der Waals surface area contributed by atoms with Crippen LogP contribution in [0.15, 0.2) is 217 Å². The van der Waals surface area contributed by atoms with Gasteiger partial charge in [0.2, 0.25) is 0 Å². The van der Waals surface area contributed by atoms with Gasteiger partial charge in [0.1, 0.15) is 0 Å². The molecule has 0 saturated heterocycles. The summed E-state index contributed by atoms with van der Waals surface area (Å²) in [7, 11) is 0. The first kappa shape index (κ1) is 33.7. The molecule has 284 valence electrons. The summed E-state index contributed by atoms with van der Waals surface area (Å²) in [5, 5.41) is 12.6. The number of para-hydroxylation sites is 4. The summed E-state index contributed by atoms with van der Waals surface area (Å²) >= 11 is 0. The summed E-state index contributed by atoms with van der Waals surface area (Å²) in [5.74, 6) is 0. The Kier molecular flexibility index (Phi) is 7.13. The van der Waals surface area contributed by atoms with Crippen molar-refractivity contribution in [1.29, 1.82) is 0 Å². The monoisotopic (exact) mass is 777 g/mol. The van der Waals surface area contributed by atoms with Crippen LogP contribution in [0.25, 0.3) is 115 Å². The minimum absolute atomic E-state index is 0.0357. The second kappa shape index (κ2) is 12.9. The van der Waals surface area contributed by atoms with Gasteiger partial charge in [-0.05, 0) is 116 Å². The molecule has 0 aliphatic carbocycles. The summed E-state index contributed by atoms with van der Waals surface area (Å²) < 4.78 is 6.55. The predicted octanol–water partition coefficient (Wildman–Crippen LogP) is 14.3. The average molecular weight is 778 g/mol. The van der Waals surface area contributed by atoms with E-state index in [0.29, 0.717) is 5.39 Å². The SMILES string of the molecule is O=c1c2c3cc(-c4ccc5c(c4)c4ccccc4n5-c4ccc5c6ccccc6c6ccccc6c5c4)ccc3n(-c3ccccc3)c2c2ccccc2n1-c1ccccc1. The van der Waals surface area contributed by atoms with E-state index in [1.807, 2.05) is 47.0 Å². The molecule has 4 nitrogen and oxygen atoms in total. The maximum Gasteiger partial charge on any atom is 0.265 e. The first-order valence-electron chi connectivity index (χ1n) is 20.8. The number of nitrogens with zero attached hydrogens (tertiary/aromatic N) is 3. The highest BCUT2D eigenvalue weighted by Crippen LogP contribution is 2.41. The van der Waals surface area contributed by atoms with Crippen LogP contribution in [0.2, 0.25) is 0 Å². The molecule has 0 aliphatic rings. The van der Waals surface area contributed by atoms with Gasteiger partial charge in [-0.3, -0.25) is 9.36 Å². The number of rotatable bonds is 4. The summed E-state index contributed by atoms with van der Waals surface area (Å²) in [5.41, 5.74) is 10.2. The maximum absolute atomic E-state index is 15.1. The molecule has 0 spiro atoms. The Labute approximate surface area is 350 Å². The third-order valence-electron chi connectivity index (χ3n) is 12.8. The Morgan fingerprint density at radius 3 is 1.33 bits per heavy atom. The molecule has 0 radical (unpaired) electrons. The van der Waals surface area contributed by atoms with Crippen LogP contribution in [0.5, 0.6) is 0 Å². The highest BCUT2D eigenvalue weighted by Gasteiger charge is 2.22. The standard InChI is InChI=1S/C57H35N3O/c61-57-55-50-34-37(28-32-54(50)59(38-15-3-1-4-16-38)56(55)47-24-12-14-26-52(47)60(57)39-17-5-2-6-18-39)36-27-31-53-49(33-36)46-23-11-13-25-51(46)58(53)40-29-30-45-43-21-8-7-19-41(43)42-20-9-10-22-44(42)48(45)35-40/h1-35H. The molecular weight excluding hydrogens is 743 g/mol. The second-order valence-corrected chi connectivity index (χ2v) is 16.0. The predicted molar refractivity (Wildman–Crippen MR) is 256 cm³/mol. The Morgan fingerprint density at radius 1 is 0.262 bits per heavy atom. The molecule has 0 unspecified atom stereocenters. The lowest BCUT2D eigenvalue weighted by molar-refractivity contribution is 1.06. The first-order chi connectivity index (χ1) is 30.2. The van der Waals surface area contributed by atoms with Crippen LogP contribution in [0.4, 0.5) is 0 Å². The van der Waals surface area contributed by atoms with E-state index in [1.165, 1.54) is 43.1 Å². The van der Waals surface area contributed by atoms with Crippen molar-refractivity contribution in [3.8, 4) is 28.2 Å². The summed E-state index contributed by atoms with van der Waals surface area (Å²) in [6.45, 7) is 0. The third-order valence-corrected chi connectivity index (χ3v) is 12.8. The van der Waals surface area contributed by atoms with E-state index in [1.54, 1.807) is 0 Å². The molecule has 61 heavy (non-hydrogen) atoms. The molecule has 0 fully saturated rings. The zero-order chi connectivity index (χ0) is 40.2. The van der Waals surface area contributed by atoms with Crippen LogP contribution in [-0.2, 0) is 0 Å². The van der Waals surface area contributed by atoms with Gasteiger partial charge in [0, 0.05) is 38.6 Å². The minimum atomic E-state index is -0.0357. The molecular formula is C57H35N3O. The molecule has 0 bridgehead atoms. The lowest BCUT2D eigenvalue weighted by Crippen LogP contribution is -2.19. The van der Waals surface area contributed by atoms with Crippen LogP contribution >= 0.6 is 0 Å². The normalized spacial score (nSPS) is 12.0.